The molecule has 0 bridgehead atoms. The standard InChI is InChI=1S/C17H16BrN3O/c1-10-6-4-7-11(2)14(10)17(22)20-13-8-5-9-21-15(18)12(3)19-16(13)21/h4-9H,1-3H3,(H,20,22). The zero-order valence-electron chi connectivity index (χ0n) is 12.6. The molecular formula is C17H16BrN3O. The SMILES string of the molecule is Cc1cccc(C)c1C(=O)Nc1cccn2c(Br)c(C)nc12. The fraction of sp³-hybridized carbons (Fsp3) is 0.176. The van der Waals surface area contributed by atoms with E-state index in [1.54, 1.807) is 0 Å². The number of anilines is 1. The monoisotopic (exact) mass is 357 g/mol. The highest BCUT2D eigenvalue weighted by Crippen LogP contribution is 2.24. The molecule has 3 aromatic rings. The van der Waals surface area contributed by atoms with Crippen molar-refractivity contribution in [1.82, 2.24) is 9.38 Å². The van der Waals surface area contributed by atoms with Gasteiger partial charge in [0, 0.05) is 11.8 Å². The molecule has 22 heavy (non-hydrogen) atoms. The highest BCUT2D eigenvalue weighted by atomic mass is 79.9. The van der Waals surface area contributed by atoms with Crippen LogP contribution in [-0.2, 0) is 0 Å². The summed E-state index contributed by atoms with van der Waals surface area (Å²) in [5.41, 5.74) is 4.95. The first-order valence-corrected chi connectivity index (χ1v) is 7.79. The van der Waals surface area contributed by atoms with Gasteiger partial charge in [-0.3, -0.25) is 9.20 Å². The van der Waals surface area contributed by atoms with E-state index in [1.165, 1.54) is 0 Å². The van der Waals surface area contributed by atoms with Crippen molar-refractivity contribution in [3.05, 3.63) is 63.5 Å². The van der Waals surface area contributed by atoms with E-state index in [-0.39, 0.29) is 5.91 Å². The van der Waals surface area contributed by atoms with E-state index < -0.39 is 0 Å². The van der Waals surface area contributed by atoms with Gasteiger partial charge in [-0.1, -0.05) is 18.2 Å². The third-order valence-electron chi connectivity index (χ3n) is 3.71. The Morgan fingerprint density at radius 3 is 2.50 bits per heavy atom. The number of nitrogens with zero attached hydrogens (tertiary/aromatic N) is 2. The largest absolute Gasteiger partial charge is 0.319 e. The van der Waals surface area contributed by atoms with Gasteiger partial charge in [0.05, 0.1) is 11.4 Å². The molecule has 0 saturated heterocycles. The van der Waals surface area contributed by atoms with E-state index in [4.69, 9.17) is 0 Å². The van der Waals surface area contributed by atoms with Gasteiger partial charge < -0.3 is 5.32 Å². The van der Waals surface area contributed by atoms with E-state index in [1.807, 2.05) is 61.7 Å². The topological polar surface area (TPSA) is 46.4 Å². The minimum atomic E-state index is -0.111. The number of benzene rings is 1. The number of aromatic nitrogens is 2. The summed E-state index contributed by atoms with van der Waals surface area (Å²) in [4.78, 5) is 17.1. The van der Waals surface area contributed by atoms with Crippen molar-refractivity contribution in [2.75, 3.05) is 5.32 Å². The maximum absolute atomic E-state index is 12.6. The number of halogens is 1. The van der Waals surface area contributed by atoms with Crippen molar-refractivity contribution in [1.29, 1.82) is 0 Å². The number of carbonyl (C=O) groups excluding carboxylic acids is 1. The maximum Gasteiger partial charge on any atom is 0.256 e. The molecule has 0 unspecified atom stereocenters. The average molecular weight is 358 g/mol. The van der Waals surface area contributed by atoms with Crippen LogP contribution >= 0.6 is 15.9 Å². The molecule has 0 aliphatic carbocycles. The van der Waals surface area contributed by atoms with Crippen LogP contribution in [0, 0.1) is 20.8 Å². The minimum Gasteiger partial charge on any atom is -0.319 e. The van der Waals surface area contributed by atoms with E-state index in [0.717, 1.165) is 27.1 Å². The lowest BCUT2D eigenvalue weighted by atomic mass is 10.0. The minimum absolute atomic E-state index is 0.111. The van der Waals surface area contributed by atoms with Crippen LogP contribution in [0.5, 0.6) is 0 Å². The van der Waals surface area contributed by atoms with Crippen molar-refractivity contribution in [2.24, 2.45) is 0 Å². The second-order valence-corrected chi connectivity index (χ2v) is 6.08. The fourth-order valence-corrected chi connectivity index (χ4v) is 2.98. The Morgan fingerprint density at radius 1 is 1.14 bits per heavy atom. The molecule has 0 aliphatic heterocycles. The number of aryl methyl sites for hydroxylation is 3. The third-order valence-corrected chi connectivity index (χ3v) is 4.66. The van der Waals surface area contributed by atoms with Crippen LogP contribution in [-0.4, -0.2) is 15.3 Å². The van der Waals surface area contributed by atoms with Crippen molar-refractivity contribution >= 4 is 33.2 Å². The molecule has 1 amide bonds. The van der Waals surface area contributed by atoms with Gasteiger partial charge in [0.25, 0.3) is 5.91 Å². The Bertz CT molecular complexity index is 863. The second-order valence-electron chi connectivity index (χ2n) is 5.32. The number of hydrogen-bond donors (Lipinski definition) is 1. The van der Waals surface area contributed by atoms with Gasteiger partial charge in [-0.05, 0) is 60.0 Å². The summed E-state index contributed by atoms with van der Waals surface area (Å²) in [7, 11) is 0. The molecule has 0 atom stereocenters. The molecule has 5 heteroatoms. The number of nitrogens with one attached hydrogen (secondary N) is 1. The van der Waals surface area contributed by atoms with Crippen LogP contribution in [0.4, 0.5) is 5.69 Å². The lowest BCUT2D eigenvalue weighted by molar-refractivity contribution is 0.102. The summed E-state index contributed by atoms with van der Waals surface area (Å²) < 4.78 is 2.81. The smallest absolute Gasteiger partial charge is 0.256 e. The molecule has 0 saturated carbocycles. The number of hydrogen-bond acceptors (Lipinski definition) is 2. The molecule has 0 radical (unpaired) electrons. The Balaban J connectivity index is 2.04. The summed E-state index contributed by atoms with van der Waals surface area (Å²) >= 11 is 3.51. The molecule has 1 N–H and O–H groups in total. The predicted octanol–water partition coefficient (Wildman–Crippen LogP) is 4.27. The normalized spacial score (nSPS) is 10.9. The van der Waals surface area contributed by atoms with Gasteiger partial charge in [-0.2, -0.15) is 0 Å². The van der Waals surface area contributed by atoms with E-state index in [0.29, 0.717) is 11.3 Å². The van der Waals surface area contributed by atoms with Gasteiger partial charge in [0.2, 0.25) is 0 Å². The highest BCUT2D eigenvalue weighted by Gasteiger charge is 2.15. The molecule has 112 valence electrons. The zero-order chi connectivity index (χ0) is 15.9. The maximum atomic E-state index is 12.6. The molecule has 3 rings (SSSR count). The molecule has 4 nitrogen and oxygen atoms in total. The quantitative estimate of drug-likeness (QED) is 0.744. The summed E-state index contributed by atoms with van der Waals surface area (Å²) in [6.45, 7) is 5.81. The first-order chi connectivity index (χ1) is 10.5. The van der Waals surface area contributed by atoms with E-state index >= 15 is 0 Å². The number of fused-ring (bicyclic) bond motifs is 1. The predicted molar refractivity (Wildman–Crippen MR) is 91.5 cm³/mol. The molecule has 2 heterocycles. The molecule has 1 aromatic carbocycles. The number of amides is 1. The van der Waals surface area contributed by atoms with Crippen LogP contribution in [0.25, 0.3) is 5.65 Å². The molecule has 2 aromatic heterocycles. The molecule has 0 spiro atoms. The molecule has 0 fully saturated rings. The van der Waals surface area contributed by atoms with Crippen molar-refractivity contribution in [3.63, 3.8) is 0 Å². The van der Waals surface area contributed by atoms with Crippen molar-refractivity contribution in [3.8, 4) is 0 Å². The van der Waals surface area contributed by atoms with Crippen molar-refractivity contribution in [2.45, 2.75) is 20.8 Å². The third kappa shape index (κ3) is 2.41. The second kappa shape index (κ2) is 5.57. The van der Waals surface area contributed by atoms with Gasteiger partial charge in [-0.15, -0.1) is 0 Å². The van der Waals surface area contributed by atoms with Gasteiger partial charge in [0.15, 0.2) is 5.65 Å². The Kier molecular flexibility index (Phi) is 3.74. The lowest BCUT2D eigenvalue weighted by Gasteiger charge is -2.11. The Hall–Kier alpha value is -2.14. The molecular weight excluding hydrogens is 342 g/mol. The van der Waals surface area contributed by atoms with Crippen LogP contribution in [0.1, 0.15) is 27.2 Å². The van der Waals surface area contributed by atoms with Crippen LogP contribution in [0.3, 0.4) is 0 Å². The summed E-state index contributed by atoms with van der Waals surface area (Å²) in [5, 5.41) is 2.98. The van der Waals surface area contributed by atoms with Gasteiger partial charge in [-0.25, -0.2) is 4.98 Å². The summed E-state index contributed by atoms with van der Waals surface area (Å²) in [6, 6.07) is 9.59. The average Bonchev–Trinajstić information content (AvgIpc) is 2.76. The van der Waals surface area contributed by atoms with E-state index in [9.17, 15) is 4.79 Å². The number of pyridine rings is 1. The summed E-state index contributed by atoms with van der Waals surface area (Å²) in [5.74, 6) is -0.111. The summed E-state index contributed by atoms with van der Waals surface area (Å²) in [6.07, 6.45) is 1.91. The zero-order valence-corrected chi connectivity index (χ0v) is 14.2. The van der Waals surface area contributed by atoms with Gasteiger partial charge in [0.1, 0.15) is 4.60 Å². The Labute approximate surface area is 137 Å². The van der Waals surface area contributed by atoms with Crippen LogP contribution < -0.4 is 5.32 Å². The number of carbonyl (C=O) groups is 1. The van der Waals surface area contributed by atoms with Crippen molar-refractivity contribution < 1.29 is 4.79 Å². The number of rotatable bonds is 2. The van der Waals surface area contributed by atoms with Gasteiger partial charge >= 0.3 is 0 Å². The Morgan fingerprint density at radius 2 is 1.82 bits per heavy atom. The van der Waals surface area contributed by atoms with Crippen LogP contribution in [0.2, 0.25) is 0 Å². The first-order valence-electron chi connectivity index (χ1n) is 7.00. The van der Waals surface area contributed by atoms with Crippen LogP contribution in [0.15, 0.2) is 41.1 Å². The molecule has 0 aliphatic rings. The fourth-order valence-electron chi connectivity index (χ4n) is 2.61. The highest BCUT2D eigenvalue weighted by molar-refractivity contribution is 9.10. The lowest BCUT2D eigenvalue weighted by Crippen LogP contribution is -2.15. The number of imidazole rings is 1. The van der Waals surface area contributed by atoms with E-state index in [2.05, 4.69) is 26.2 Å². The first kappa shape index (κ1) is 14.8.